The van der Waals surface area contributed by atoms with Gasteiger partial charge in [-0.3, -0.25) is 10.2 Å². The fraction of sp³-hybridized carbons (Fsp3) is 0.308. The molecule has 0 fully saturated rings. The van der Waals surface area contributed by atoms with Crippen molar-refractivity contribution in [1.29, 1.82) is 5.41 Å². The van der Waals surface area contributed by atoms with E-state index in [0.717, 1.165) is 28.5 Å². The fourth-order valence-corrected chi connectivity index (χ4v) is 4.32. The second-order valence-electron chi connectivity index (χ2n) is 8.45. The highest BCUT2D eigenvalue weighted by molar-refractivity contribution is 8.26. The van der Waals surface area contributed by atoms with Gasteiger partial charge in [0.15, 0.2) is 5.84 Å². The largest absolute Gasteiger partial charge is 0.493 e. The smallest absolute Gasteiger partial charge is 0.283 e. The van der Waals surface area contributed by atoms with Crippen LogP contribution >= 0.6 is 11.8 Å². The number of benzene rings is 2. The number of nitrogens with one attached hydrogen (secondary N) is 1. The minimum absolute atomic E-state index is 0.0360. The van der Waals surface area contributed by atoms with E-state index in [1.165, 1.54) is 27.9 Å². The van der Waals surface area contributed by atoms with Crippen LogP contribution in [0.25, 0.3) is 6.08 Å². The first-order valence-electron chi connectivity index (χ1n) is 11.2. The first kappa shape index (κ1) is 23.8. The summed E-state index contributed by atoms with van der Waals surface area (Å²) in [5.74, 6) is 1.70. The second-order valence-corrected chi connectivity index (χ2v) is 9.61. The Bertz CT molecular complexity index is 1200. The Labute approximate surface area is 204 Å². The van der Waals surface area contributed by atoms with E-state index in [2.05, 4.69) is 49.1 Å². The van der Waals surface area contributed by atoms with Crippen molar-refractivity contribution in [2.45, 2.75) is 40.0 Å². The molecule has 2 aromatic carbocycles. The van der Waals surface area contributed by atoms with Crippen LogP contribution in [0.3, 0.4) is 0 Å². The van der Waals surface area contributed by atoms with Crippen LogP contribution < -0.4 is 9.47 Å². The van der Waals surface area contributed by atoms with Gasteiger partial charge in [0.1, 0.15) is 11.5 Å². The Hall–Kier alpha value is -3.39. The predicted molar refractivity (Wildman–Crippen MR) is 138 cm³/mol. The minimum atomic E-state index is -0.428. The number of amidine groups is 2. The van der Waals surface area contributed by atoms with Gasteiger partial charge in [-0.25, -0.2) is 0 Å². The quantitative estimate of drug-likeness (QED) is 0.395. The monoisotopic (exact) mass is 476 g/mol. The summed E-state index contributed by atoms with van der Waals surface area (Å²) < 4.78 is 11.9. The average molecular weight is 477 g/mol. The maximum absolute atomic E-state index is 12.4. The van der Waals surface area contributed by atoms with Crippen LogP contribution in [0, 0.1) is 12.3 Å². The van der Waals surface area contributed by atoms with Gasteiger partial charge >= 0.3 is 0 Å². The van der Waals surface area contributed by atoms with Crippen LogP contribution in [0.1, 0.15) is 49.8 Å². The van der Waals surface area contributed by atoms with Crippen molar-refractivity contribution >= 4 is 39.8 Å². The number of hydrazone groups is 1. The van der Waals surface area contributed by atoms with Crippen LogP contribution in [0.5, 0.6) is 11.5 Å². The SMILES string of the molecule is CC1=NN2C(=N)C(=Cc3ccc(OCCCOc4cc(C)ccc4C(C)C)cc3)C(=O)N=C2S1. The number of carbonyl (C=O) groups excluding carboxylic acids is 1. The number of hydrogen-bond donors (Lipinski definition) is 1. The lowest BCUT2D eigenvalue weighted by molar-refractivity contribution is -0.114. The van der Waals surface area contributed by atoms with E-state index in [1.54, 1.807) is 6.08 Å². The van der Waals surface area contributed by atoms with E-state index in [1.807, 2.05) is 31.2 Å². The molecule has 34 heavy (non-hydrogen) atoms. The molecule has 0 aromatic heterocycles. The third kappa shape index (κ3) is 5.39. The topological polar surface area (TPSA) is 87.3 Å². The third-order valence-corrected chi connectivity index (χ3v) is 6.18. The molecule has 1 amide bonds. The van der Waals surface area contributed by atoms with E-state index in [-0.39, 0.29) is 11.4 Å². The molecule has 8 heteroatoms. The highest BCUT2D eigenvalue weighted by atomic mass is 32.2. The zero-order chi connectivity index (χ0) is 24.2. The molecule has 4 rings (SSSR count). The molecule has 7 nitrogen and oxygen atoms in total. The summed E-state index contributed by atoms with van der Waals surface area (Å²) in [4.78, 5) is 16.4. The molecule has 1 N–H and O–H groups in total. The van der Waals surface area contributed by atoms with Gasteiger partial charge in [-0.1, -0.05) is 38.1 Å². The predicted octanol–water partition coefficient (Wildman–Crippen LogP) is 5.61. The zero-order valence-corrected chi connectivity index (χ0v) is 20.6. The Balaban J connectivity index is 1.30. The maximum atomic E-state index is 12.4. The molecule has 2 aliphatic rings. The molecule has 2 aromatic rings. The Kier molecular flexibility index (Phi) is 7.17. The molecular weight excluding hydrogens is 448 g/mol. The van der Waals surface area contributed by atoms with E-state index in [9.17, 15) is 4.79 Å². The number of fused-ring (bicyclic) bond motifs is 1. The standard InChI is InChI=1S/C26H28N4O3S/c1-16(2)21-11-6-17(3)14-23(21)33-13-5-12-32-20-9-7-19(8-10-20)15-22-24(27)30-26(28-25(22)31)34-18(4)29-30/h6-11,14-16,27H,5,12-13H2,1-4H3. The van der Waals surface area contributed by atoms with Crippen molar-refractivity contribution in [3.8, 4) is 11.5 Å². The Morgan fingerprint density at radius 3 is 2.56 bits per heavy atom. The summed E-state index contributed by atoms with van der Waals surface area (Å²) in [6, 6.07) is 13.7. The van der Waals surface area contributed by atoms with Crippen molar-refractivity contribution in [3.63, 3.8) is 0 Å². The first-order valence-corrected chi connectivity index (χ1v) is 12.1. The van der Waals surface area contributed by atoms with Crippen LogP contribution in [0.4, 0.5) is 0 Å². The van der Waals surface area contributed by atoms with E-state index < -0.39 is 5.91 Å². The lowest BCUT2D eigenvalue weighted by Gasteiger charge is -2.20. The number of aliphatic imine (C=N–C) groups is 1. The highest BCUT2D eigenvalue weighted by Gasteiger charge is 2.34. The molecule has 0 aliphatic carbocycles. The van der Waals surface area contributed by atoms with E-state index in [4.69, 9.17) is 14.9 Å². The number of nitrogens with zero attached hydrogens (tertiary/aromatic N) is 3. The van der Waals surface area contributed by atoms with Gasteiger partial charge in [0.2, 0.25) is 5.17 Å². The zero-order valence-electron chi connectivity index (χ0n) is 19.8. The van der Waals surface area contributed by atoms with Gasteiger partial charge in [0.05, 0.1) is 23.8 Å². The number of hydrogen-bond acceptors (Lipinski definition) is 6. The minimum Gasteiger partial charge on any atom is -0.493 e. The summed E-state index contributed by atoms with van der Waals surface area (Å²) >= 11 is 1.29. The van der Waals surface area contributed by atoms with Gasteiger partial charge in [0, 0.05) is 6.42 Å². The van der Waals surface area contributed by atoms with Crippen molar-refractivity contribution in [2.75, 3.05) is 13.2 Å². The first-order chi connectivity index (χ1) is 16.3. The van der Waals surface area contributed by atoms with Gasteiger partial charge in [-0.15, -0.1) is 0 Å². The van der Waals surface area contributed by atoms with Crippen molar-refractivity contribution < 1.29 is 14.3 Å². The number of rotatable bonds is 8. The molecule has 0 bridgehead atoms. The van der Waals surface area contributed by atoms with E-state index in [0.29, 0.717) is 24.3 Å². The lowest BCUT2D eigenvalue weighted by atomic mass is 10.0. The molecule has 0 spiro atoms. The molecule has 0 radical (unpaired) electrons. The molecule has 0 unspecified atom stereocenters. The number of amides is 1. The number of carbonyl (C=O) groups is 1. The van der Waals surface area contributed by atoms with Crippen LogP contribution in [-0.2, 0) is 4.79 Å². The van der Waals surface area contributed by atoms with Crippen molar-refractivity contribution in [2.24, 2.45) is 10.1 Å². The summed E-state index contributed by atoms with van der Waals surface area (Å²) in [7, 11) is 0. The van der Waals surface area contributed by atoms with Crippen LogP contribution in [-0.4, -0.2) is 40.2 Å². The molecule has 2 heterocycles. The van der Waals surface area contributed by atoms with Crippen LogP contribution in [0.2, 0.25) is 0 Å². The fourth-order valence-electron chi connectivity index (χ4n) is 3.59. The maximum Gasteiger partial charge on any atom is 0.283 e. The number of ether oxygens (including phenoxy) is 2. The molecule has 0 saturated carbocycles. The average Bonchev–Trinajstić information content (AvgIpc) is 3.17. The van der Waals surface area contributed by atoms with Crippen LogP contribution in [0.15, 0.2) is 58.1 Å². The Morgan fingerprint density at radius 1 is 1.09 bits per heavy atom. The summed E-state index contributed by atoms with van der Waals surface area (Å²) in [6.07, 6.45) is 2.42. The molecule has 0 atom stereocenters. The van der Waals surface area contributed by atoms with Crippen molar-refractivity contribution in [1.82, 2.24) is 5.01 Å². The lowest BCUT2D eigenvalue weighted by Crippen LogP contribution is -2.35. The van der Waals surface area contributed by atoms with Crippen molar-refractivity contribution in [3.05, 3.63) is 64.7 Å². The van der Waals surface area contributed by atoms with Gasteiger partial charge in [0.25, 0.3) is 5.91 Å². The van der Waals surface area contributed by atoms with Gasteiger partial charge < -0.3 is 9.47 Å². The third-order valence-electron chi connectivity index (χ3n) is 5.35. The molecule has 0 saturated heterocycles. The number of aryl methyl sites for hydroxylation is 1. The number of thioether (sulfide) groups is 1. The summed E-state index contributed by atoms with van der Waals surface area (Å²) in [5.41, 5.74) is 3.40. The highest BCUT2D eigenvalue weighted by Crippen LogP contribution is 2.29. The normalized spacial score (nSPS) is 16.6. The summed E-state index contributed by atoms with van der Waals surface area (Å²) in [5, 5.41) is 15.2. The van der Waals surface area contributed by atoms with E-state index >= 15 is 0 Å². The molecular formula is C26H28N4O3S. The molecule has 176 valence electrons. The Morgan fingerprint density at radius 2 is 1.82 bits per heavy atom. The molecule has 2 aliphatic heterocycles. The summed E-state index contributed by atoms with van der Waals surface area (Å²) in [6.45, 7) is 9.33. The second kappa shape index (κ2) is 10.3. The van der Waals surface area contributed by atoms with Gasteiger partial charge in [-0.05, 0) is 72.5 Å². The van der Waals surface area contributed by atoms with Gasteiger partial charge in [-0.2, -0.15) is 15.1 Å².